The molecule has 5 heteroatoms. The van der Waals surface area contributed by atoms with Crippen molar-refractivity contribution in [2.24, 2.45) is 4.99 Å². The fraction of sp³-hybridized carbons (Fsp3) is 0. The van der Waals surface area contributed by atoms with Crippen LogP contribution < -0.4 is 4.74 Å². The highest BCUT2D eigenvalue weighted by molar-refractivity contribution is 5.91. The molecule has 0 unspecified atom stereocenters. The second kappa shape index (κ2) is 7.77. The number of benzene rings is 3. The summed E-state index contributed by atoms with van der Waals surface area (Å²) in [5.41, 5.74) is 2.03. The molecular formula is C21H14N2O3. The first-order chi connectivity index (χ1) is 12.7. The normalized spacial score (nSPS) is 10.4. The minimum atomic E-state index is -0.488. The monoisotopic (exact) mass is 342 g/mol. The maximum Gasteiger partial charge on any atom is 0.343 e. The van der Waals surface area contributed by atoms with Crippen molar-refractivity contribution in [1.82, 2.24) is 0 Å². The van der Waals surface area contributed by atoms with E-state index in [0.717, 1.165) is 5.56 Å². The molecule has 3 aromatic rings. The van der Waals surface area contributed by atoms with E-state index in [4.69, 9.17) is 10.00 Å². The van der Waals surface area contributed by atoms with Crippen LogP contribution in [0.3, 0.4) is 0 Å². The molecule has 3 rings (SSSR count). The Bertz CT molecular complexity index is 988. The van der Waals surface area contributed by atoms with Crippen LogP contribution in [-0.4, -0.2) is 17.3 Å². The Kier molecular flexibility index (Phi) is 5.06. The van der Waals surface area contributed by atoms with Crippen molar-refractivity contribution in [2.75, 3.05) is 0 Å². The number of aliphatic imine (C=N–C) groups is 1. The number of rotatable bonds is 4. The van der Waals surface area contributed by atoms with Crippen LogP contribution in [0.1, 0.15) is 21.5 Å². The Labute approximate surface area is 150 Å². The van der Waals surface area contributed by atoms with Crippen molar-refractivity contribution in [3.05, 3.63) is 89.5 Å². The van der Waals surface area contributed by atoms with E-state index in [0.29, 0.717) is 11.1 Å². The molecule has 0 atom stereocenters. The van der Waals surface area contributed by atoms with Crippen LogP contribution in [0.15, 0.2) is 77.8 Å². The molecule has 1 N–H and O–H groups in total. The molecule has 0 saturated carbocycles. The third kappa shape index (κ3) is 4.13. The number of carbonyl (C=O) groups excluding carboxylic acids is 1. The van der Waals surface area contributed by atoms with Gasteiger partial charge in [0.25, 0.3) is 0 Å². The second-order valence-corrected chi connectivity index (χ2v) is 5.40. The maximum absolute atomic E-state index is 12.1. The van der Waals surface area contributed by atoms with Gasteiger partial charge in [-0.3, -0.25) is 4.99 Å². The van der Waals surface area contributed by atoms with Gasteiger partial charge in [0.15, 0.2) is 0 Å². The van der Waals surface area contributed by atoms with E-state index in [2.05, 4.69) is 4.99 Å². The van der Waals surface area contributed by atoms with Crippen LogP contribution in [0.2, 0.25) is 0 Å². The minimum absolute atomic E-state index is 0.0330. The first kappa shape index (κ1) is 16.9. The summed E-state index contributed by atoms with van der Waals surface area (Å²) in [5, 5.41) is 18.7. The molecule has 0 amide bonds. The number of carbonyl (C=O) groups is 1. The molecular weight excluding hydrogens is 328 g/mol. The van der Waals surface area contributed by atoms with E-state index < -0.39 is 5.97 Å². The van der Waals surface area contributed by atoms with Crippen molar-refractivity contribution in [1.29, 1.82) is 5.26 Å². The van der Waals surface area contributed by atoms with Gasteiger partial charge in [-0.2, -0.15) is 5.26 Å². The highest BCUT2D eigenvalue weighted by Gasteiger charge is 2.09. The summed E-state index contributed by atoms with van der Waals surface area (Å²) in [7, 11) is 0. The molecule has 0 heterocycles. The minimum Gasteiger partial charge on any atom is -0.506 e. The van der Waals surface area contributed by atoms with Gasteiger partial charge in [-0.15, -0.1) is 0 Å². The number of phenols is 1. The van der Waals surface area contributed by atoms with E-state index in [-0.39, 0.29) is 17.2 Å². The van der Waals surface area contributed by atoms with Gasteiger partial charge in [0.05, 0.1) is 17.2 Å². The Balaban J connectivity index is 1.78. The fourth-order valence-electron chi connectivity index (χ4n) is 2.20. The molecule has 126 valence electrons. The highest BCUT2D eigenvalue weighted by Crippen LogP contribution is 2.31. The number of nitrogens with zero attached hydrogens (tertiary/aromatic N) is 2. The first-order valence-corrected chi connectivity index (χ1v) is 7.80. The Morgan fingerprint density at radius 2 is 1.77 bits per heavy atom. The lowest BCUT2D eigenvalue weighted by Crippen LogP contribution is -2.07. The van der Waals surface area contributed by atoms with Gasteiger partial charge in [-0.05, 0) is 42.0 Å². The van der Waals surface area contributed by atoms with Crippen molar-refractivity contribution < 1.29 is 14.6 Å². The number of phenolic OH excluding ortho intramolecular Hbond substituents is 1. The molecule has 0 spiro atoms. The van der Waals surface area contributed by atoms with E-state index >= 15 is 0 Å². The number of esters is 1. The van der Waals surface area contributed by atoms with Crippen molar-refractivity contribution in [3.63, 3.8) is 0 Å². The molecule has 0 aliphatic rings. The zero-order valence-electron chi connectivity index (χ0n) is 13.7. The number of ether oxygens (including phenoxy) is 1. The zero-order chi connectivity index (χ0) is 18.4. The molecule has 0 radical (unpaired) electrons. The molecule has 3 aromatic carbocycles. The van der Waals surface area contributed by atoms with E-state index in [9.17, 15) is 9.90 Å². The standard InChI is InChI=1S/C21H14N2O3/c22-13-15-6-8-16(9-7-15)14-23-19-12-18(10-11-20(19)24)26-21(25)17-4-2-1-3-5-17/h1-12,14,24H. The van der Waals surface area contributed by atoms with Gasteiger partial charge in [0, 0.05) is 12.3 Å². The van der Waals surface area contributed by atoms with E-state index in [1.807, 2.05) is 12.1 Å². The van der Waals surface area contributed by atoms with Crippen LogP contribution in [0, 0.1) is 11.3 Å². The third-order valence-corrected chi connectivity index (χ3v) is 3.56. The van der Waals surface area contributed by atoms with Crippen LogP contribution in [0.4, 0.5) is 5.69 Å². The van der Waals surface area contributed by atoms with Gasteiger partial charge >= 0.3 is 5.97 Å². The molecule has 26 heavy (non-hydrogen) atoms. The largest absolute Gasteiger partial charge is 0.506 e. The Morgan fingerprint density at radius 3 is 2.46 bits per heavy atom. The lowest BCUT2D eigenvalue weighted by molar-refractivity contribution is 0.0734. The average Bonchev–Trinajstić information content (AvgIpc) is 2.69. The number of nitriles is 1. The summed E-state index contributed by atoms with van der Waals surface area (Å²) in [5.74, 6) is -0.239. The van der Waals surface area contributed by atoms with Crippen LogP contribution in [0.5, 0.6) is 11.5 Å². The summed E-state index contributed by atoms with van der Waals surface area (Å²) in [6, 6.07) is 21.9. The molecule has 0 aliphatic carbocycles. The van der Waals surface area contributed by atoms with Gasteiger partial charge in [-0.1, -0.05) is 30.3 Å². The summed E-state index contributed by atoms with van der Waals surface area (Å²) < 4.78 is 5.32. The van der Waals surface area contributed by atoms with Gasteiger partial charge in [-0.25, -0.2) is 4.79 Å². The molecule has 0 fully saturated rings. The third-order valence-electron chi connectivity index (χ3n) is 3.56. The van der Waals surface area contributed by atoms with Crippen LogP contribution in [-0.2, 0) is 0 Å². The first-order valence-electron chi connectivity index (χ1n) is 7.80. The van der Waals surface area contributed by atoms with E-state index in [1.54, 1.807) is 54.7 Å². The van der Waals surface area contributed by atoms with Gasteiger partial charge in [0.1, 0.15) is 17.2 Å². The van der Waals surface area contributed by atoms with E-state index in [1.165, 1.54) is 18.2 Å². The summed E-state index contributed by atoms with van der Waals surface area (Å²) in [6.07, 6.45) is 1.55. The maximum atomic E-state index is 12.1. The molecule has 0 aliphatic heterocycles. The van der Waals surface area contributed by atoms with Crippen molar-refractivity contribution in [2.45, 2.75) is 0 Å². The molecule has 5 nitrogen and oxygen atoms in total. The molecule has 0 aromatic heterocycles. The number of hydrogen-bond acceptors (Lipinski definition) is 5. The number of aromatic hydroxyl groups is 1. The quantitative estimate of drug-likeness (QED) is 0.437. The smallest absolute Gasteiger partial charge is 0.343 e. The average molecular weight is 342 g/mol. The highest BCUT2D eigenvalue weighted by atomic mass is 16.5. The van der Waals surface area contributed by atoms with Gasteiger partial charge < -0.3 is 9.84 Å². The number of hydrogen-bond donors (Lipinski definition) is 1. The predicted octanol–water partition coefficient (Wildman–Crippen LogP) is 4.23. The lowest BCUT2D eigenvalue weighted by Gasteiger charge is -2.06. The lowest BCUT2D eigenvalue weighted by atomic mass is 10.2. The second-order valence-electron chi connectivity index (χ2n) is 5.40. The summed E-state index contributed by atoms with van der Waals surface area (Å²) in [6.45, 7) is 0. The van der Waals surface area contributed by atoms with Crippen molar-refractivity contribution in [3.8, 4) is 17.6 Å². The predicted molar refractivity (Wildman–Crippen MR) is 97.9 cm³/mol. The van der Waals surface area contributed by atoms with Crippen LogP contribution >= 0.6 is 0 Å². The zero-order valence-corrected chi connectivity index (χ0v) is 13.7. The SMILES string of the molecule is N#Cc1ccc(C=Nc2cc(OC(=O)c3ccccc3)ccc2O)cc1. The summed E-state index contributed by atoms with van der Waals surface area (Å²) >= 11 is 0. The fourth-order valence-corrected chi connectivity index (χ4v) is 2.20. The van der Waals surface area contributed by atoms with Crippen LogP contribution in [0.25, 0.3) is 0 Å². The molecule has 0 saturated heterocycles. The summed E-state index contributed by atoms with van der Waals surface area (Å²) in [4.78, 5) is 16.3. The Morgan fingerprint density at radius 1 is 1.04 bits per heavy atom. The molecule has 0 bridgehead atoms. The topological polar surface area (TPSA) is 82.7 Å². The van der Waals surface area contributed by atoms with Crippen molar-refractivity contribution >= 4 is 17.9 Å². The Hall–Kier alpha value is -3.91. The van der Waals surface area contributed by atoms with Gasteiger partial charge in [0.2, 0.25) is 0 Å².